The van der Waals surface area contributed by atoms with Gasteiger partial charge in [-0.1, -0.05) is 24.3 Å². The van der Waals surface area contributed by atoms with Gasteiger partial charge in [0, 0.05) is 12.7 Å². The first-order valence-corrected chi connectivity index (χ1v) is 4.82. The second kappa shape index (κ2) is 4.16. The number of nitrogens with two attached hydrogens (primary N) is 1. The Bertz CT molecular complexity index is 596. The first kappa shape index (κ1) is 10.4. The molecule has 1 aromatic heterocycles. The average Bonchev–Trinajstić information content (AvgIpc) is 2.29. The first-order valence-electron chi connectivity index (χ1n) is 4.82. The van der Waals surface area contributed by atoms with Gasteiger partial charge in [-0.05, 0) is 11.1 Å². The first-order chi connectivity index (χ1) is 7.70. The van der Waals surface area contributed by atoms with Gasteiger partial charge in [-0.25, -0.2) is 4.79 Å². The number of aromatic nitrogens is 2. The van der Waals surface area contributed by atoms with Gasteiger partial charge < -0.3 is 10.7 Å². The molecule has 0 saturated heterocycles. The molecule has 0 aliphatic heterocycles. The minimum atomic E-state index is -0.507. The zero-order valence-corrected chi connectivity index (χ0v) is 8.49. The van der Waals surface area contributed by atoms with Gasteiger partial charge in [0.1, 0.15) is 0 Å². The summed E-state index contributed by atoms with van der Waals surface area (Å²) in [6.45, 7) is 0.461. The van der Waals surface area contributed by atoms with Gasteiger partial charge in [0.05, 0.1) is 5.56 Å². The second-order valence-corrected chi connectivity index (χ2v) is 3.39. The summed E-state index contributed by atoms with van der Waals surface area (Å²) in [5.74, 6) is 0. The van der Waals surface area contributed by atoms with Crippen LogP contribution in [-0.2, 0) is 6.54 Å². The van der Waals surface area contributed by atoms with E-state index in [1.54, 1.807) is 12.1 Å². The molecule has 1 heterocycles. The van der Waals surface area contributed by atoms with Crippen LogP contribution in [0.25, 0.3) is 11.1 Å². The van der Waals surface area contributed by atoms with E-state index in [9.17, 15) is 9.59 Å². The molecule has 0 spiro atoms. The van der Waals surface area contributed by atoms with Crippen molar-refractivity contribution < 1.29 is 0 Å². The van der Waals surface area contributed by atoms with Crippen molar-refractivity contribution in [3.05, 3.63) is 56.9 Å². The molecule has 0 bridgehead atoms. The Morgan fingerprint density at radius 3 is 2.38 bits per heavy atom. The quantitative estimate of drug-likeness (QED) is 0.670. The number of hydrogen-bond donors (Lipinski definition) is 3. The zero-order chi connectivity index (χ0) is 11.5. The molecule has 5 heteroatoms. The van der Waals surface area contributed by atoms with Gasteiger partial charge in [0.25, 0.3) is 5.56 Å². The highest BCUT2D eigenvalue weighted by molar-refractivity contribution is 5.61. The lowest BCUT2D eigenvalue weighted by Crippen LogP contribution is -2.22. The molecular weight excluding hydrogens is 206 g/mol. The molecule has 2 rings (SSSR count). The van der Waals surface area contributed by atoms with Gasteiger partial charge in [0.15, 0.2) is 0 Å². The largest absolute Gasteiger partial charge is 0.326 e. The van der Waals surface area contributed by atoms with E-state index in [0.717, 1.165) is 11.1 Å². The molecule has 0 amide bonds. The van der Waals surface area contributed by atoms with Crippen molar-refractivity contribution in [2.24, 2.45) is 5.73 Å². The Balaban J connectivity index is 2.50. The van der Waals surface area contributed by atoms with E-state index in [4.69, 9.17) is 5.73 Å². The highest BCUT2D eigenvalue weighted by Crippen LogP contribution is 2.14. The van der Waals surface area contributed by atoms with Crippen molar-refractivity contribution in [2.75, 3.05) is 0 Å². The van der Waals surface area contributed by atoms with Gasteiger partial charge in [-0.3, -0.25) is 9.78 Å². The third-order valence-corrected chi connectivity index (χ3v) is 2.32. The lowest BCUT2D eigenvalue weighted by atomic mass is 10.1. The fraction of sp³-hybridized carbons (Fsp3) is 0.0909. The molecule has 0 fully saturated rings. The molecule has 0 unspecified atom stereocenters. The summed E-state index contributed by atoms with van der Waals surface area (Å²) >= 11 is 0. The summed E-state index contributed by atoms with van der Waals surface area (Å²) in [4.78, 5) is 26.9. The summed E-state index contributed by atoms with van der Waals surface area (Å²) in [5, 5.41) is 0. The Hall–Kier alpha value is -2.14. The van der Waals surface area contributed by atoms with Crippen LogP contribution in [0.4, 0.5) is 0 Å². The highest BCUT2D eigenvalue weighted by Gasteiger charge is 2.02. The van der Waals surface area contributed by atoms with E-state index in [1.165, 1.54) is 6.20 Å². The Labute approximate surface area is 91.0 Å². The van der Waals surface area contributed by atoms with Crippen LogP contribution in [0, 0.1) is 0 Å². The number of nitrogens with one attached hydrogen (secondary N) is 2. The molecule has 16 heavy (non-hydrogen) atoms. The van der Waals surface area contributed by atoms with Crippen molar-refractivity contribution >= 4 is 0 Å². The lowest BCUT2D eigenvalue weighted by molar-refractivity contribution is 1.04. The van der Waals surface area contributed by atoms with Crippen LogP contribution in [0.5, 0.6) is 0 Å². The predicted octanol–water partition coefficient (Wildman–Crippen LogP) is 0.189. The second-order valence-electron chi connectivity index (χ2n) is 3.39. The average molecular weight is 217 g/mol. The molecule has 0 atom stereocenters. The molecule has 82 valence electrons. The summed E-state index contributed by atoms with van der Waals surface area (Å²) in [5.41, 5.74) is 6.74. The summed E-state index contributed by atoms with van der Waals surface area (Å²) < 4.78 is 0. The maximum Gasteiger partial charge on any atom is 0.325 e. The predicted molar refractivity (Wildman–Crippen MR) is 61.0 cm³/mol. The number of hydrogen-bond acceptors (Lipinski definition) is 3. The third kappa shape index (κ3) is 1.94. The molecule has 5 nitrogen and oxygen atoms in total. The number of rotatable bonds is 2. The zero-order valence-electron chi connectivity index (χ0n) is 8.49. The van der Waals surface area contributed by atoms with Gasteiger partial charge in [-0.2, -0.15) is 0 Å². The molecule has 0 radical (unpaired) electrons. The number of aromatic amines is 2. The smallest absolute Gasteiger partial charge is 0.325 e. The molecule has 0 aliphatic carbocycles. The Morgan fingerprint density at radius 1 is 1.12 bits per heavy atom. The van der Waals surface area contributed by atoms with Crippen LogP contribution in [0.2, 0.25) is 0 Å². The van der Waals surface area contributed by atoms with Crippen LogP contribution in [0.15, 0.2) is 40.1 Å². The van der Waals surface area contributed by atoms with Crippen LogP contribution >= 0.6 is 0 Å². The molecule has 2 aromatic rings. The lowest BCUT2D eigenvalue weighted by Gasteiger charge is -2.01. The minimum absolute atomic E-state index is 0.399. The van der Waals surface area contributed by atoms with E-state index in [-0.39, 0.29) is 0 Å². The Morgan fingerprint density at radius 2 is 1.81 bits per heavy atom. The molecule has 0 aliphatic rings. The van der Waals surface area contributed by atoms with Gasteiger partial charge in [-0.15, -0.1) is 0 Å². The van der Waals surface area contributed by atoms with Crippen molar-refractivity contribution in [1.29, 1.82) is 0 Å². The van der Waals surface area contributed by atoms with Crippen molar-refractivity contribution in [3.8, 4) is 11.1 Å². The van der Waals surface area contributed by atoms with Crippen molar-refractivity contribution in [2.45, 2.75) is 6.54 Å². The molecule has 4 N–H and O–H groups in total. The van der Waals surface area contributed by atoms with Crippen LogP contribution in [0.1, 0.15) is 5.56 Å². The maximum atomic E-state index is 11.5. The number of benzene rings is 1. The van der Waals surface area contributed by atoms with E-state index < -0.39 is 11.2 Å². The monoisotopic (exact) mass is 217 g/mol. The molecular formula is C11H11N3O2. The summed E-state index contributed by atoms with van der Waals surface area (Å²) in [7, 11) is 0. The standard InChI is InChI=1S/C11H11N3O2/c12-5-7-1-3-8(4-2-7)9-6-13-11(16)14-10(9)15/h1-4,6H,5,12H2,(H2,13,14,15,16). The molecule has 0 saturated carbocycles. The van der Waals surface area contributed by atoms with Gasteiger partial charge >= 0.3 is 5.69 Å². The van der Waals surface area contributed by atoms with E-state index in [1.807, 2.05) is 12.1 Å². The third-order valence-electron chi connectivity index (χ3n) is 2.32. The number of H-pyrrole nitrogens is 2. The fourth-order valence-corrected chi connectivity index (χ4v) is 1.44. The molecule has 1 aromatic carbocycles. The summed E-state index contributed by atoms with van der Waals surface area (Å²) in [6.07, 6.45) is 1.40. The topological polar surface area (TPSA) is 91.7 Å². The van der Waals surface area contributed by atoms with E-state index >= 15 is 0 Å². The normalized spacial score (nSPS) is 10.3. The van der Waals surface area contributed by atoms with E-state index in [2.05, 4.69) is 9.97 Å². The minimum Gasteiger partial charge on any atom is -0.326 e. The Kier molecular flexibility index (Phi) is 2.70. The van der Waals surface area contributed by atoms with Crippen LogP contribution in [0.3, 0.4) is 0 Å². The van der Waals surface area contributed by atoms with Crippen molar-refractivity contribution in [3.63, 3.8) is 0 Å². The van der Waals surface area contributed by atoms with Crippen LogP contribution < -0.4 is 17.0 Å². The van der Waals surface area contributed by atoms with Crippen LogP contribution in [-0.4, -0.2) is 9.97 Å². The van der Waals surface area contributed by atoms with Gasteiger partial charge in [0.2, 0.25) is 0 Å². The maximum absolute atomic E-state index is 11.5. The highest BCUT2D eigenvalue weighted by atomic mass is 16.2. The summed E-state index contributed by atoms with van der Waals surface area (Å²) in [6, 6.07) is 7.29. The fourth-order valence-electron chi connectivity index (χ4n) is 1.44. The van der Waals surface area contributed by atoms with E-state index in [0.29, 0.717) is 12.1 Å². The SMILES string of the molecule is NCc1ccc(-c2c[nH]c(=O)[nH]c2=O)cc1. The van der Waals surface area contributed by atoms with Crippen molar-refractivity contribution in [1.82, 2.24) is 9.97 Å².